The number of guanidine groups is 1. The molecular weight excluding hydrogens is 164 g/mol. The van der Waals surface area contributed by atoms with Gasteiger partial charge >= 0.3 is 0 Å². The molecule has 4 nitrogen and oxygen atoms in total. The summed E-state index contributed by atoms with van der Waals surface area (Å²) in [6.07, 6.45) is 1.11. The average molecular weight is 186 g/mol. The van der Waals surface area contributed by atoms with E-state index in [1.807, 2.05) is 0 Å². The highest BCUT2D eigenvalue weighted by atomic mass is 15.1. The minimum atomic E-state index is 0.527. The second-order valence-corrected chi connectivity index (χ2v) is 2.92. The van der Waals surface area contributed by atoms with E-state index in [0.29, 0.717) is 5.96 Å². The molecule has 0 aliphatic heterocycles. The van der Waals surface area contributed by atoms with Gasteiger partial charge in [0, 0.05) is 13.6 Å². The summed E-state index contributed by atoms with van der Waals surface area (Å²) in [7, 11) is 1.69. The predicted octanol–water partition coefficient (Wildman–Crippen LogP) is 0.252. The van der Waals surface area contributed by atoms with Crippen molar-refractivity contribution in [2.24, 2.45) is 10.7 Å². The Labute approximate surface area is 81.2 Å². The molecule has 0 saturated carbocycles. The Morgan fingerprint density at radius 3 is 2.46 bits per heavy atom. The van der Waals surface area contributed by atoms with Crippen LogP contribution < -0.4 is 11.1 Å². The van der Waals surface area contributed by atoms with Crippen LogP contribution in [0.1, 0.15) is 20.3 Å². The van der Waals surface area contributed by atoms with Gasteiger partial charge in [-0.05, 0) is 26.1 Å². The standard InChI is InChI=1S/C9H22N4/c1-4-13(5-2)8-6-7-12-9(10)11-3/h4-8H2,1-3H3,(H3,10,11,12). The van der Waals surface area contributed by atoms with E-state index in [2.05, 4.69) is 29.1 Å². The monoisotopic (exact) mass is 186 g/mol. The van der Waals surface area contributed by atoms with E-state index in [0.717, 1.165) is 32.6 Å². The van der Waals surface area contributed by atoms with E-state index < -0.39 is 0 Å². The number of nitrogens with zero attached hydrogens (tertiary/aromatic N) is 2. The molecular formula is C9H22N4. The molecule has 0 aromatic heterocycles. The van der Waals surface area contributed by atoms with Crippen molar-refractivity contribution in [3.8, 4) is 0 Å². The van der Waals surface area contributed by atoms with Crippen LogP contribution in [-0.4, -0.2) is 44.1 Å². The average Bonchev–Trinajstić information content (AvgIpc) is 2.18. The maximum atomic E-state index is 5.48. The van der Waals surface area contributed by atoms with E-state index in [1.165, 1.54) is 0 Å². The second-order valence-electron chi connectivity index (χ2n) is 2.92. The highest BCUT2D eigenvalue weighted by molar-refractivity contribution is 5.77. The Morgan fingerprint density at radius 1 is 1.38 bits per heavy atom. The van der Waals surface area contributed by atoms with Crippen LogP contribution in [-0.2, 0) is 0 Å². The van der Waals surface area contributed by atoms with Crippen LogP contribution in [0.3, 0.4) is 0 Å². The molecule has 0 saturated heterocycles. The quantitative estimate of drug-likeness (QED) is 0.355. The number of rotatable bonds is 6. The van der Waals surface area contributed by atoms with Crippen LogP contribution in [0.2, 0.25) is 0 Å². The summed E-state index contributed by atoms with van der Waals surface area (Å²) in [5, 5.41) is 3.04. The van der Waals surface area contributed by atoms with Gasteiger partial charge < -0.3 is 16.0 Å². The molecule has 3 N–H and O–H groups in total. The summed E-state index contributed by atoms with van der Waals surface area (Å²) < 4.78 is 0. The lowest BCUT2D eigenvalue weighted by Gasteiger charge is -2.17. The third-order valence-corrected chi connectivity index (χ3v) is 2.09. The molecule has 4 heteroatoms. The number of nitrogens with one attached hydrogen (secondary N) is 1. The fourth-order valence-electron chi connectivity index (χ4n) is 1.14. The van der Waals surface area contributed by atoms with Gasteiger partial charge in [0.25, 0.3) is 0 Å². The van der Waals surface area contributed by atoms with Crippen LogP contribution >= 0.6 is 0 Å². The fraction of sp³-hybridized carbons (Fsp3) is 0.889. The minimum absolute atomic E-state index is 0.527. The summed E-state index contributed by atoms with van der Waals surface area (Å²) in [5.74, 6) is 0.527. The van der Waals surface area contributed by atoms with Gasteiger partial charge in [0.1, 0.15) is 0 Å². The van der Waals surface area contributed by atoms with Crippen molar-refractivity contribution < 1.29 is 0 Å². The van der Waals surface area contributed by atoms with Gasteiger partial charge in [-0.25, -0.2) is 0 Å². The first-order valence-electron chi connectivity index (χ1n) is 4.93. The zero-order chi connectivity index (χ0) is 10.1. The van der Waals surface area contributed by atoms with Gasteiger partial charge in [0.15, 0.2) is 5.96 Å². The summed E-state index contributed by atoms with van der Waals surface area (Å²) in [6.45, 7) is 8.62. The Balaban J connectivity index is 3.34. The SMILES string of the molecule is CCN(CC)CCCNC(N)=NC. The second kappa shape index (κ2) is 7.86. The topological polar surface area (TPSA) is 53.6 Å². The van der Waals surface area contributed by atoms with Crippen LogP contribution in [0, 0.1) is 0 Å². The molecule has 0 rings (SSSR count). The lowest BCUT2D eigenvalue weighted by Crippen LogP contribution is -2.34. The van der Waals surface area contributed by atoms with E-state index in [9.17, 15) is 0 Å². The van der Waals surface area contributed by atoms with Gasteiger partial charge in [-0.2, -0.15) is 0 Å². The molecule has 13 heavy (non-hydrogen) atoms. The first-order valence-corrected chi connectivity index (χ1v) is 4.93. The van der Waals surface area contributed by atoms with Gasteiger partial charge in [-0.3, -0.25) is 4.99 Å². The van der Waals surface area contributed by atoms with Crippen LogP contribution in [0.15, 0.2) is 4.99 Å². The zero-order valence-electron chi connectivity index (χ0n) is 9.01. The van der Waals surface area contributed by atoms with E-state index in [-0.39, 0.29) is 0 Å². The summed E-state index contributed by atoms with van der Waals surface area (Å²) in [6, 6.07) is 0. The van der Waals surface area contributed by atoms with Crippen molar-refractivity contribution >= 4 is 5.96 Å². The Bertz CT molecular complexity index is 141. The number of hydrogen-bond donors (Lipinski definition) is 2. The number of hydrogen-bond acceptors (Lipinski definition) is 2. The fourth-order valence-corrected chi connectivity index (χ4v) is 1.14. The molecule has 0 unspecified atom stereocenters. The summed E-state index contributed by atoms with van der Waals surface area (Å²) in [5.41, 5.74) is 5.48. The van der Waals surface area contributed by atoms with Crippen molar-refractivity contribution in [2.45, 2.75) is 20.3 Å². The summed E-state index contributed by atoms with van der Waals surface area (Å²) >= 11 is 0. The Hall–Kier alpha value is -0.770. The minimum Gasteiger partial charge on any atom is -0.370 e. The van der Waals surface area contributed by atoms with E-state index in [1.54, 1.807) is 7.05 Å². The molecule has 0 fully saturated rings. The third kappa shape index (κ3) is 6.40. The summed E-state index contributed by atoms with van der Waals surface area (Å²) in [4.78, 5) is 6.21. The molecule has 0 spiro atoms. The largest absolute Gasteiger partial charge is 0.370 e. The van der Waals surface area contributed by atoms with Crippen molar-refractivity contribution in [3.05, 3.63) is 0 Å². The molecule has 0 bridgehead atoms. The molecule has 0 aromatic rings. The Kier molecular flexibility index (Phi) is 7.39. The molecule has 78 valence electrons. The van der Waals surface area contributed by atoms with E-state index in [4.69, 9.17) is 5.73 Å². The first kappa shape index (κ1) is 12.2. The van der Waals surface area contributed by atoms with Gasteiger partial charge in [0.05, 0.1) is 0 Å². The lowest BCUT2D eigenvalue weighted by atomic mass is 10.3. The highest BCUT2D eigenvalue weighted by Crippen LogP contribution is 1.88. The van der Waals surface area contributed by atoms with Crippen LogP contribution in [0.25, 0.3) is 0 Å². The first-order chi connectivity index (χ1) is 6.24. The van der Waals surface area contributed by atoms with E-state index >= 15 is 0 Å². The molecule has 0 atom stereocenters. The maximum absolute atomic E-state index is 5.48. The van der Waals surface area contributed by atoms with Crippen molar-refractivity contribution in [3.63, 3.8) is 0 Å². The molecule has 0 radical (unpaired) electrons. The molecule has 0 aliphatic carbocycles. The Morgan fingerprint density at radius 2 is 2.00 bits per heavy atom. The third-order valence-electron chi connectivity index (χ3n) is 2.09. The molecule has 0 aromatic carbocycles. The van der Waals surface area contributed by atoms with Gasteiger partial charge in [-0.1, -0.05) is 13.8 Å². The highest BCUT2D eigenvalue weighted by Gasteiger charge is 1.97. The molecule has 0 aliphatic rings. The van der Waals surface area contributed by atoms with Crippen molar-refractivity contribution in [2.75, 3.05) is 33.2 Å². The zero-order valence-corrected chi connectivity index (χ0v) is 9.01. The predicted molar refractivity (Wildman–Crippen MR) is 58.0 cm³/mol. The van der Waals surface area contributed by atoms with Crippen molar-refractivity contribution in [1.29, 1.82) is 0 Å². The lowest BCUT2D eigenvalue weighted by molar-refractivity contribution is 0.300. The number of nitrogens with two attached hydrogens (primary N) is 1. The van der Waals surface area contributed by atoms with Gasteiger partial charge in [0.2, 0.25) is 0 Å². The van der Waals surface area contributed by atoms with Crippen LogP contribution in [0.4, 0.5) is 0 Å². The number of aliphatic imine (C=N–C) groups is 1. The molecule has 0 heterocycles. The maximum Gasteiger partial charge on any atom is 0.188 e. The normalized spacial score (nSPS) is 12.2. The van der Waals surface area contributed by atoms with Gasteiger partial charge in [-0.15, -0.1) is 0 Å². The van der Waals surface area contributed by atoms with Crippen LogP contribution in [0.5, 0.6) is 0 Å². The smallest absolute Gasteiger partial charge is 0.188 e. The molecule has 0 amide bonds. The van der Waals surface area contributed by atoms with Crippen molar-refractivity contribution in [1.82, 2.24) is 10.2 Å².